The molecule has 0 aliphatic heterocycles. The third-order valence-corrected chi connectivity index (χ3v) is 2.68. The van der Waals surface area contributed by atoms with E-state index in [0.717, 1.165) is 0 Å². The Labute approximate surface area is 91.8 Å². The van der Waals surface area contributed by atoms with Crippen molar-refractivity contribution in [3.63, 3.8) is 0 Å². The first-order valence-corrected chi connectivity index (χ1v) is 5.17. The van der Waals surface area contributed by atoms with E-state index in [-0.39, 0.29) is 0 Å². The fraction of sp³-hybridized carbons (Fsp3) is 0. The van der Waals surface area contributed by atoms with Gasteiger partial charge in [0.15, 0.2) is 0 Å². The maximum atomic E-state index is 5.77. The Morgan fingerprint density at radius 3 is 2.23 bits per heavy atom. The van der Waals surface area contributed by atoms with Gasteiger partial charge in [-0.2, -0.15) is 8.15 Å². The summed E-state index contributed by atoms with van der Waals surface area (Å²) in [5.41, 5.74) is 0. The molecule has 3 nitrogen and oxygen atoms in total. The topological polar surface area (TPSA) is 27.7 Å². The average molecular weight is 261 g/mol. The highest BCUT2D eigenvalue weighted by atomic mass is 35.5. The van der Waals surface area contributed by atoms with Gasteiger partial charge in [-0.05, 0) is 12.1 Å². The van der Waals surface area contributed by atoms with Crippen molar-refractivity contribution in [1.29, 1.82) is 0 Å². The van der Waals surface area contributed by atoms with Gasteiger partial charge in [0.05, 0.1) is 28.8 Å². The molecule has 0 heterocycles. The Morgan fingerprint density at radius 2 is 1.69 bits per heavy atom. The SMILES string of the molecule is ClOP(OCl)Oc1ccccc1Cl. The number of para-hydroxylation sites is 1. The van der Waals surface area contributed by atoms with E-state index in [2.05, 4.69) is 8.15 Å². The highest BCUT2D eigenvalue weighted by Crippen LogP contribution is 2.44. The summed E-state index contributed by atoms with van der Waals surface area (Å²) in [5, 5.41) is 0.428. The van der Waals surface area contributed by atoms with Crippen LogP contribution in [0, 0.1) is 0 Å². The zero-order valence-electron chi connectivity index (χ0n) is 6.12. The number of hydrogen-bond acceptors (Lipinski definition) is 3. The van der Waals surface area contributed by atoms with Crippen LogP contribution in [0.1, 0.15) is 0 Å². The molecule has 13 heavy (non-hydrogen) atoms. The van der Waals surface area contributed by atoms with E-state index in [0.29, 0.717) is 10.8 Å². The molecule has 72 valence electrons. The van der Waals surface area contributed by atoms with E-state index in [9.17, 15) is 0 Å². The van der Waals surface area contributed by atoms with Crippen molar-refractivity contribution < 1.29 is 12.7 Å². The summed E-state index contributed by atoms with van der Waals surface area (Å²) in [6.45, 7) is 0. The van der Waals surface area contributed by atoms with Gasteiger partial charge in [0.1, 0.15) is 5.75 Å². The van der Waals surface area contributed by atoms with Crippen LogP contribution in [0.5, 0.6) is 5.75 Å². The second-order valence-electron chi connectivity index (χ2n) is 1.88. The minimum Gasteiger partial charge on any atom is -0.424 e. The van der Waals surface area contributed by atoms with Gasteiger partial charge in [-0.1, -0.05) is 23.7 Å². The van der Waals surface area contributed by atoms with E-state index in [4.69, 9.17) is 39.9 Å². The van der Waals surface area contributed by atoms with Crippen molar-refractivity contribution in [2.45, 2.75) is 0 Å². The van der Waals surface area contributed by atoms with Gasteiger partial charge >= 0.3 is 8.60 Å². The van der Waals surface area contributed by atoms with E-state index in [1.54, 1.807) is 24.3 Å². The van der Waals surface area contributed by atoms with Crippen molar-refractivity contribution in [2.75, 3.05) is 0 Å². The largest absolute Gasteiger partial charge is 0.433 e. The standard InChI is InChI=1S/C6H4Cl3O3P/c7-5-3-1-2-4-6(5)10-13(11-8)12-9/h1-4H. The molecule has 0 atom stereocenters. The van der Waals surface area contributed by atoms with Crippen LogP contribution in [-0.2, 0) is 8.15 Å². The third kappa shape index (κ3) is 3.47. The van der Waals surface area contributed by atoms with Crippen LogP contribution in [0.4, 0.5) is 0 Å². The lowest BCUT2D eigenvalue weighted by molar-refractivity contribution is 0.419. The second-order valence-corrected chi connectivity index (χ2v) is 4.02. The Morgan fingerprint density at radius 1 is 1.08 bits per heavy atom. The van der Waals surface area contributed by atoms with Crippen molar-refractivity contribution in [3.05, 3.63) is 29.3 Å². The summed E-state index contributed by atoms with van der Waals surface area (Å²) in [4.78, 5) is 0. The molecule has 7 heteroatoms. The first-order valence-electron chi connectivity index (χ1n) is 3.08. The molecular formula is C6H4Cl3O3P. The highest BCUT2D eigenvalue weighted by Gasteiger charge is 2.15. The van der Waals surface area contributed by atoms with Gasteiger partial charge in [0.2, 0.25) is 0 Å². The fourth-order valence-electron chi connectivity index (χ4n) is 0.638. The second kappa shape index (κ2) is 5.86. The molecule has 0 aliphatic rings. The van der Waals surface area contributed by atoms with Crippen LogP contribution in [0.25, 0.3) is 0 Å². The summed E-state index contributed by atoms with van der Waals surface area (Å²) in [7, 11) is -1.80. The maximum Gasteiger partial charge on any atom is 0.433 e. The molecule has 1 aromatic rings. The minimum absolute atomic E-state index is 0.400. The fourth-order valence-corrected chi connectivity index (χ4v) is 1.69. The lowest BCUT2D eigenvalue weighted by atomic mass is 10.3. The summed E-state index contributed by atoms with van der Waals surface area (Å²) >= 11 is 15.8. The first kappa shape index (κ1) is 11.3. The first-order chi connectivity index (χ1) is 6.27. The van der Waals surface area contributed by atoms with Crippen LogP contribution < -0.4 is 4.52 Å². The monoisotopic (exact) mass is 260 g/mol. The van der Waals surface area contributed by atoms with Crippen LogP contribution in [-0.4, -0.2) is 0 Å². The summed E-state index contributed by atoms with van der Waals surface area (Å²) in [5.74, 6) is 0.400. The number of hydrogen-bond donors (Lipinski definition) is 0. The van der Waals surface area contributed by atoms with Gasteiger partial charge in [-0.25, -0.2) is 0 Å². The predicted octanol–water partition coefficient (Wildman–Crippen LogP) is 4.29. The lowest BCUT2D eigenvalue weighted by Gasteiger charge is -2.09. The van der Waals surface area contributed by atoms with Crippen molar-refractivity contribution in [1.82, 2.24) is 0 Å². The molecular weight excluding hydrogens is 257 g/mol. The van der Waals surface area contributed by atoms with Gasteiger partial charge in [-0.3, -0.25) is 0 Å². The molecule has 0 fully saturated rings. The molecule has 0 aliphatic carbocycles. The van der Waals surface area contributed by atoms with Crippen molar-refractivity contribution in [3.8, 4) is 5.75 Å². The molecule has 0 bridgehead atoms. The molecule has 0 saturated carbocycles. The summed E-state index contributed by atoms with van der Waals surface area (Å²) in [6.07, 6.45) is 0. The maximum absolute atomic E-state index is 5.77. The number of rotatable bonds is 4. The van der Waals surface area contributed by atoms with Gasteiger partial charge in [0.25, 0.3) is 0 Å². The lowest BCUT2D eigenvalue weighted by Crippen LogP contribution is -1.87. The van der Waals surface area contributed by atoms with Crippen LogP contribution >= 0.6 is 43.9 Å². The normalized spacial score (nSPS) is 10.5. The predicted molar refractivity (Wildman–Crippen MR) is 52.9 cm³/mol. The van der Waals surface area contributed by atoms with Crippen LogP contribution in [0.3, 0.4) is 0 Å². The van der Waals surface area contributed by atoms with E-state index >= 15 is 0 Å². The molecule has 0 amide bonds. The summed E-state index contributed by atoms with van der Waals surface area (Å²) in [6, 6.07) is 6.81. The summed E-state index contributed by atoms with van der Waals surface area (Å²) < 4.78 is 13.6. The highest BCUT2D eigenvalue weighted by molar-refractivity contribution is 7.44. The minimum atomic E-state index is -1.80. The third-order valence-electron chi connectivity index (χ3n) is 1.12. The molecule has 0 N–H and O–H groups in total. The van der Waals surface area contributed by atoms with E-state index in [1.807, 2.05) is 0 Å². The zero-order valence-corrected chi connectivity index (χ0v) is 9.28. The van der Waals surface area contributed by atoms with Gasteiger partial charge in [0, 0.05) is 0 Å². The quantitative estimate of drug-likeness (QED) is 0.757. The molecule has 1 rings (SSSR count). The Hall–Kier alpha value is 0.240. The molecule has 0 saturated heterocycles. The molecule has 0 spiro atoms. The smallest absolute Gasteiger partial charge is 0.424 e. The molecule has 0 aromatic heterocycles. The van der Waals surface area contributed by atoms with E-state index in [1.165, 1.54) is 0 Å². The Kier molecular flexibility index (Phi) is 5.10. The molecule has 1 aromatic carbocycles. The average Bonchev–Trinajstić information content (AvgIpc) is 2.17. The van der Waals surface area contributed by atoms with E-state index < -0.39 is 8.60 Å². The van der Waals surface area contributed by atoms with Crippen molar-refractivity contribution >= 4 is 43.9 Å². The molecule has 0 radical (unpaired) electrons. The molecule has 0 unspecified atom stereocenters. The zero-order chi connectivity index (χ0) is 9.68. The van der Waals surface area contributed by atoms with Crippen LogP contribution in [0.2, 0.25) is 5.02 Å². The van der Waals surface area contributed by atoms with Crippen LogP contribution in [0.15, 0.2) is 24.3 Å². The van der Waals surface area contributed by atoms with Gasteiger partial charge < -0.3 is 4.52 Å². The number of benzene rings is 1. The van der Waals surface area contributed by atoms with Gasteiger partial charge in [-0.15, -0.1) is 0 Å². The van der Waals surface area contributed by atoms with Crippen molar-refractivity contribution in [2.24, 2.45) is 0 Å². The Bertz CT molecular complexity index is 269. The number of halogens is 3. The Balaban J connectivity index is 2.67.